The highest BCUT2D eigenvalue weighted by Crippen LogP contribution is 2.44. The predicted octanol–water partition coefficient (Wildman–Crippen LogP) is 6.25. The average Bonchev–Trinajstić information content (AvgIpc) is 4.05. The summed E-state index contributed by atoms with van der Waals surface area (Å²) in [6.07, 6.45) is 0.165. The third-order valence-corrected chi connectivity index (χ3v) is 12.2. The molecule has 5 heterocycles. The van der Waals surface area contributed by atoms with Crippen molar-refractivity contribution in [1.82, 2.24) is 40.4 Å². The van der Waals surface area contributed by atoms with Crippen LogP contribution in [-0.4, -0.2) is 104 Å². The maximum Gasteiger partial charge on any atom is 0.407 e. The molecule has 60 heavy (non-hydrogen) atoms. The summed E-state index contributed by atoms with van der Waals surface area (Å²) < 4.78 is 31.0. The van der Waals surface area contributed by atoms with Crippen molar-refractivity contribution in [2.75, 3.05) is 20.8 Å². The minimum absolute atomic E-state index is 0.0367. The van der Waals surface area contributed by atoms with Gasteiger partial charge in [-0.15, -0.1) is 0 Å². The molecule has 16 heteroatoms. The highest BCUT2D eigenvalue weighted by atomic mass is 19.1. The number of alkyl carbamates (subject to hydrolysis) is 1. The van der Waals surface area contributed by atoms with E-state index in [0.29, 0.717) is 18.3 Å². The van der Waals surface area contributed by atoms with Crippen molar-refractivity contribution in [2.24, 2.45) is 11.8 Å². The highest BCUT2D eigenvalue weighted by molar-refractivity contribution is 6.07. The van der Waals surface area contributed by atoms with E-state index in [4.69, 9.17) is 19.2 Å². The first kappa shape index (κ1) is 41.2. The first-order valence-electron chi connectivity index (χ1n) is 20.6. The Morgan fingerprint density at radius 3 is 2.47 bits per heavy atom. The minimum Gasteiger partial charge on any atom is -0.488 e. The molecule has 3 amide bonds. The van der Waals surface area contributed by atoms with E-state index in [1.807, 2.05) is 63.8 Å². The fraction of sp³-hybridized carbons (Fsp3) is 0.477. The molecule has 5 aromatic rings. The predicted molar refractivity (Wildman–Crippen MR) is 222 cm³/mol. The van der Waals surface area contributed by atoms with E-state index in [-0.39, 0.29) is 48.7 Å². The summed E-state index contributed by atoms with van der Waals surface area (Å²) in [7, 11) is 2.62. The van der Waals surface area contributed by atoms with Crippen molar-refractivity contribution < 1.29 is 38.1 Å². The second kappa shape index (κ2) is 16.5. The van der Waals surface area contributed by atoms with Crippen molar-refractivity contribution in [2.45, 2.75) is 103 Å². The van der Waals surface area contributed by atoms with Crippen molar-refractivity contribution in [3.05, 3.63) is 65.9 Å². The van der Waals surface area contributed by atoms with E-state index in [2.05, 4.69) is 43.8 Å². The zero-order chi connectivity index (χ0) is 42.6. The highest BCUT2D eigenvalue weighted by Gasteiger charge is 2.43. The van der Waals surface area contributed by atoms with Gasteiger partial charge >= 0.3 is 6.09 Å². The van der Waals surface area contributed by atoms with Gasteiger partial charge in [0.15, 0.2) is 0 Å². The molecule has 7 atom stereocenters. The van der Waals surface area contributed by atoms with E-state index >= 15 is 0 Å². The SMILES string of the molecule is COC(=O)N[C@H](C(=O)N1[C@@H](C)CC[C@H]1c1nc2ccc3cc4c(cc3c2[nH]1)OCc1cc(-c2cnc([C@@H]3C[C@H](F)CN3C(=O)[C@@H](NC(O)OC)C(C)C)[nH]2)ccc1-4)C(C)C. The number of carbonyl (C=O) groups is 3. The molecule has 1 unspecified atom stereocenters. The van der Waals surface area contributed by atoms with E-state index < -0.39 is 36.8 Å². The van der Waals surface area contributed by atoms with Crippen LogP contribution in [0.25, 0.3) is 44.2 Å². The number of benzene rings is 3. The number of alkyl halides is 1. The van der Waals surface area contributed by atoms with Crippen LogP contribution in [0, 0.1) is 11.8 Å². The summed E-state index contributed by atoms with van der Waals surface area (Å²) in [4.78, 5) is 59.6. The maximum atomic E-state index is 14.9. The topological polar surface area (TPSA) is 187 Å². The lowest BCUT2D eigenvalue weighted by Gasteiger charge is -2.32. The molecule has 2 aromatic heterocycles. The fourth-order valence-electron chi connectivity index (χ4n) is 9.01. The molecule has 8 rings (SSSR count). The van der Waals surface area contributed by atoms with Gasteiger partial charge in [-0.1, -0.05) is 45.9 Å². The standard InChI is InChI=1S/C44H53FN8O7/c1-21(2)36(50-43(56)58-6)41(54)52-19-27(45)16-34(52)39-46-18-32(48-39)25-9-11-28-26(14-25)20-60-35-17-29-24(15-30(28)35)10-12-31-38(29)49-40(47-31)33-13-8-23(5)53(33)42(55)37(22(3)4)51-44(57)59-7/h9-12,14-15,17-18,21-23,27,33-34,36-37,43,50,56H,8,13,16,19-20H2,1-7H3,(H,46,48)(H,47,49)(H,51,57)/t23-,27-,33-,34-,36-,37-,43?/m0/s1. The number of hydrogen-bond donors (Lipinski definition) is 5. The molecule has 0 bridgehead atoms. The number of hydrogen-bond acceptors (Lipinski definition) is 10. The van der Waals surface area contributed by atoms with E-state index in [1.165, 1.54) is 19.1 Å². The van der Waals surface area contributed by atoms with Crippen molar-refractivity contribution in [1.29, 1.82) is 0 Å². The Balaban J connectivity index is 1.04. The van der Waals surface area contributed by atoms with Crippen LogP contribution in [0.2, 0.25) is 0 Å². The fourth-order valence-corrected chi connectivity index (χ4v) is 9.01. The number of carbonyl (C=O) groups excluding carboxylic acids is 3. The number of ether oxygens (including phenoxy) is 3. The molecule has 0 spiro atoms. The summed E-state index contributed by atoms with van der Waals surface area (Å²) in [6, 6.07) is 11.9. The first-order valence-corrected chi connectivity index (χ1v) is 20.6. The molecular formula is C44H53FN8O7. The van der Waals surface area contributed by atoms with Crippen LogP contribution in [0.4, 0.5) is 9.18 Å². The molecule has 2 saturated heterocycles. The molecular weight excluding hydrogens is 772 g/mol. The molecule has 3 aliphatic heterocycles. The van der Waals surface area contributed by atoms with Crippen LogP contribution in [0.1, 0.15) is 83.2 Å². The molecule has 3 aliphatic rings. The Kier molecular flexibility index (Phi) is 11.3. The summed E-state index contributed by atoms with van der Waals surface area (Å²) in [5.41, 5.74) is 6.24. The minimum atomic E-state index is -1.33. The van der Waals surface area contributed by atoms with Crippen LogP contribution >= 0.6 is 0 Å². The third kappa shape index (κ3) is 7.56. The lowest BCUT2D eigenvalue weighted by atomic mass is 9.92. The molecule has 15 nitrogen and oxygen atoms in total. The van der Waals surface area contributed by atoms with Gasteiger partial charge in [-0.25, -0.2) is 19.2 Å². The van der Waals surface area contributed by atoms with Gasteiger partial charge in [0.2, 0.25) is 18.2 Å². The van der Waals surface area contributed by atoms with E-state index in [0.717, 1.165) is 68.3 Å². The zero-order valence-corrected chi connectivity index (χ0v) is 34.9. The number of aliphatic hydroxyl groups is 1. The number of nitrogens with zero attached hydrogens (tertiary/aromatic N) is 4. The number of methoxy groups -OCH3 is 2. The summed E-state index contributed by atoms with van der Waals surface area (Å²) >= 11 is 0. The Hall–Kier alpha value is -5.58. The Morgan fingerprint density at radius 2 is 1.73 bits per heavy atom. The van der Waals surface area contributed by atoms with Gasteiger partial charge in [-0.05, 0) is 77.9 Å². The number of imidazole rings is 2. The number of H-pyrrole nitrogens is 2. The molecule has 0 saturated carbocycles. The van der Waals surface area contributed by atoms with Crippen LogP contribution in [0.3, 0.4) is 0 Å². The molecule has 2 fully saturated rings. The van der Waals surface area contributed by atoms with E-state index in [1.54, 1.807) is 6.20 Å². The number of amides is 3. The lowest BCUT2D eigenvalue weighted by Crippen LogP contribution is -2.53. The van der Waals surface area contributed by atoms with Crippen molar-refractivity contribution >= 4 is 39.7 Å². The summed E-state index contributed by atoms with van der Waals surface area (Å²) in [6.45, 7) is 9.80. The largest absolute Gasteiger partial charge is 0.488 e. The normalized spacial score (nSPS) is 21.6. The second-order valence-corrected chi connectivity index (χ2v) is 16.9. The van der Waals surface area contributed by atoms with Gasteiger partial charge in [-0.2, -0.15) is 0 Å². The van der Waals surface area contributed by atoms with Crippen molar-refractivity contribution in [3.8, 4) is 28.1 Å². The molecule has 0 radical (unpaired) electrons. The van der Waals surface area contributed by atoms with Crippen LogP contribution in [-0.2, 0) is 25.7 Å². The van der Waals surface area contributed by atoms with Gasteiger partial charge in [0.05, 0.1) is 54.7 Å². The van der Waals surface area contributed by atoms with Gasteiger partial charge in [0, 0.05) is 30.5 Å². The maximum absolute atomic E-state index is 14.9. The number of halogens is 1. The Morgan fingerprint density at radius 1 is 0.950 bits per heavy atom. The smallest absolute Gasteiger partial charge is 0.407 e. The Labute approximate surface area is 347 Å². The number of rotatable bonds is 11. The average molecular weight is 825 g/mol. The lowest BCUT2D eigenvalue weighted by molar-refractivity contribution is -0.145. The monoisotopic (exact) mass is 824 g/mol. The molecule has 318 valence electrons. The van der Waals surface area contributed by atoms with Crippen LogP contribution in [0.15, 0.2) is 48.7 Å². The number of nitrogens with one attached hydrogen (secondary N) is 4. The van der Waals surface area contributed by atoms with Gasteiger partial charge < -0.3 is 44.4 Å². The quantitative estimate of drug-likeness (QED) is 0.0954. The van der Waals surface area contributed by atoms with Gasteiger partial charge in [0.25, 0.3) is 0 Å². The molecule has 3 aromatic carbocycles. The van der Waals surface area contributed by atoms with Crippen LogP contribution < -0.4 is 15.4 Å². The first-order chi connectivity index (χ1) is 28.8. The number of aliphatic hydroxyl groups excluding tert-OH is 1. The summed E-state index contributed by atoms with van der Waals surface area (Å²) in [5.74, 6) is 1.11. The second-order valence-electron chi connectivity index (χ2n) is 16.9. The van der Waals surface area contributed by atoms with E-state index in [9.17, 15) is 23.9 Å². The van der Waals surface area contributed by atoms with Gasteiger partial charge in [0.1, 0.15) is 36.2 Å². The Bertz CT molecular complexity index is 2430. The number of fused-ring (bicyclic) bond motifs is 6. The van der Waals surface area contributed by atoms with Gasteiger partial charge in [-0.3, -0.25) is 14.9 Å². The number of aromatic amines is 2. The molecule has 0 aliphatic carbocycles. The number of likely N-dealkylation sites (tertiary alicyclic amines) is 2. The molecule has 5 N–H and O–H groups in total. The zero-order valence-electron chi connectivity index (χ0n) is 34.9. The third-order valence-electron chi connectivity index (χ3n) is 12.2. The summed E-state index contributed by atoms with van der Waals surface area (Å²) in [5, 5.41) is 17.5. The van der Waals surface area contributed by atoms with Crippen LogP contribution in [0.5, 0.6) is 5.75 Å². The number of aromatic nitrogens is 4. The van der Waals surface area contributed by atoms with Crippen molar-refractivity contribution in [3.63, 3.8) is 0 Å².